The SMILES string of the molecule is O=C(N[C@@H](CSCc1ccccc1)C(=O)O)OCc1ccc(O)cc1. The van der Waals surface area contributed by atoms with Crippen molar-refractivity contribution in [3.8, 4) is 5.75 Å². The van der Waals surface area contributed by atoms with Gasteiger partial charge >= 0.3 is 12.1 Å². The van der Waals surface area contributed by atoms with Crippen molar-refractivity contribution >= 4 is 23.8 Å². The van der Waals surface area contributed by atoms with Crippen LogP contribution in [0.2, 0.25) is 0 Å². The summed E-state index contributed by atoms with van der Waals surface area (Å²) >= 11 is 1.42. The first-order valence-electron chi connectivity index (χ1n) is 7.60. The first kappa shape index (κ1) is 18.7. The molecule has 2 rings (SSSR count). The topological polar surface area (TPSA) is 95.9 Å². The Morgan fingerprint density at radius 1 is 1.04 bits per heavy atom. The molecule has 132 valence electrons. The molecule has 6 nitrogen and oxygen atoms in total. The second-order valence-corrected chi connectivity index (χ2v) is 6.31. The Bertz CT molecular complexity index is 690. The predicted octanol–water partition coefficient (Wildman–Crippen LogP) is 3.01. The van der Waals surface area contributed by atoms with Gasteiger partial charge in [0, 0.05) is 11.5 Å². The summed E-state index contributed by atoms with van der Waals surface area (Å²) in [5, 5.41) is 20.8. The van der Waals surface area contributed by atoms with Crippen LogP contribution in [0.1, 0.15) is 11.1 Å². The number of carbonyl (C=O) groups is 2. The van der Waals surface area contributed by atoms with Crippen LogP contribution >= 0.6 is 11.8 Å². The maximum atomic E-state index is 11.8. The Balaban J connectivity index is 1.76. The quantitative estimate of drug-likeness (QED) is 0.669. The largest absolute Gasteiger partial charge is 0.508 e. The number of phenols is 1. The minimum Gasteiger partial charge on any atom is -0.508 e. The monoisotopic (exact) mass is 361 g/mol. The van der Waals surface area contributed by atoms with Gasteiger partial charge in [-0.1, -0.05) is 42.5 Å². The minimum absolute atomic E-state index is 0.00435. The van der Waals surface area contributed by atoms with E-state index in [4.69, 9.17) is 4.74 Å². The molecule has 0 aliphatic carbocycles. The number of benzene rings is 2. The van der Waals surface area contributed by atoms with Crippen molar-refractivity contribution in [1.82, 2.24) is 5.32 Å². The van der Waals surface area contributed by atoms with Crippen LogP contribution in [0, 0.1) is 0 Å². The third-order valence-electron chi connectivity index (χ3n) is 3.29. The summed E-state index contributed by atoms with van der Waals surface area (Å²) in [6.45, 7) is -0.00435. The number of carbonyl (C=O) groups excluding carboxylic acids is 1. The van der Waals surface area contributed by atoms with Crippen molar-refractivity contribution in [3.05, 3.63) is 65.7 Å². The van der Waals surface area contributed by atoms with E-state index in [1.807, 2.05) is 30.3 Å². The summed E-state index contributed by atoms with van der Waals surface area (Å²) in [7, 11) is 0. The van der Waals surface area contributed by atoms with E-state index in [2.05, 4.69) is 5.32 Å². The maximum absolute atomic E-state index is 11.8. The molecule has 0 fully saturated rings. The Hall–Kier alpha value is -2.67. The van der Waals surface area contributed by atoms with Gasteiger partial charge in [-0.3, -0.25) is 0 Å². The van der Waals surface area contributed by atoms with E-state index in [1.165, 1.54) is 23.9 Å². The van der Waals surface area contributed by atoms with Crippen LogP contribution in [0.5, 0.6) is 5.75 Å². The molecule has 7 heteroatoms. The molecule has 0 radical (unpaired) electrons. The number of ether oxygens (including phenoxy) is 1. The van der Waals surface area contributed by atoms with Gasteiger partial charge in [0.05, 0.1) is 0 Å². The van der Waals surface area contributed by atoms with Gasteiger partial charge < -0.3 is 20.3 Å². The van der Waals surface area contributed by atoms with E-state index in [9.17, 15) is 19.8 Å². The first-order valence-corrected chi connectivity index (χ1v) is 8.76. The predicted molar refractivity (Wildman–Crippen MR) is 95.5 cm³/mol. The van der Waals surface area contributed by atoms with Gasteiger partial charge in [-0.2, -0.15) is 11.8 Å². The number of thioether (sulfide) groups is 1. The lowest BCUT2D eigenvalue weighted by Crippen LogP contribution is -2.42. The third-order valence-corrected chi connectivity index (χ3v) is 4.40. The Labute approximate surface area is 149 Å². The summed E-state index contributed by atoms with van der Waals surface area (Å²) in [6.07, 6.45) is -0.791. The number of rotatable bonds is 8. The van der Waals surface area contributed by atoms with Crippen molar-refractivity contribution in [3.63, 3.8) is 0 Å². The molecule has 25 heavy (non-hydrogen) atoms. The number of carboxylic acid groups (broad SMARTS) is 1. The zero-order valence-electron chi connectivity index (χ0n) is 13.4. The average molecular weight is 361 g/mol. The van der Waals surface area contributed by atoms with Crippen molar-refractivity contribution in [1.29, 1.82) is 0 Å². The van der Waals surface area contributed by atoms with E-state index in [0.717, 1.165) is 5.56 Å². The highest BCUT2D eigenvalue weighted by Crippen LogP contribution is 2.13. The van der Waals surface area contributed by atoms with Gasteiger partial charge in [0.25, 0.3) is 0 Å². The molecule has 0 aliphatic rings. The number of hydrogen-bond acceptors (Lipinski definition) is 5. The van der Waals surface area contributed by atoms with Gasteiger partial charge in [-0.05, 0) is 23.3 Å². The molecule has 3 N–H and O–H groups in total. The fourth-order valence-electron chi connectivity index (χ4n) is 1.97. The Kier molecular flexibility index (Phi) is 7.16. The molecule has 0 heterocycles. The van der Waals surface area contributed by atoms with Crippen molar-refractivity contribution in [2.45, 2.75) is 18.4 Å². The van der Waals surface area contributed by atoms with E-state index in [0.29, 0.717) is 11.3 Å². The summed E-state index contributed by atoms with van der Waals surface area (Å²) in [5.41, 5.74) is 1.78. The molecule has 0 unspecified atom stereocenters. The van der Waals surface area contributed by atoms with Crippen LogP contribution in [-0.4, -0.2) is 34.1 Å². The Morgan fingerprint density at radius 2 is 1.72 bits per heavy atom. The molecule has 0 aliphatic heterocycles. The third kappa shape index (κ3) is 6.76. The fraction of sp³-hybridized carbons (Fsp3) is 0.222. The number of nitrogens with one attached hydrogen (secondary N) is 1. The van der Waals surface area contributed by atoms with Gasteiger partial charge in [-0.25, -0.2) is 9.59 Å². The zero-order chi connectivity index (χ0) is 18.1. The second-order valence-electron chi connectivity index (χ2n) is 5.28. The average Bonchev–Trinajstić information content (AvgIpc) is 2.61. The van der Waals surface area contributed by atoms with Crippen LogP contribution in [0.15, 0.2) is 54.6 Å². The normalized spacial score (nSPS) is 11.5. The lowest BCUT2D eigenvalue weighted by molar-refractivity contribution is -0.138. The fourth-order valence-corrected chi connectivity index (χ4v) is 2.98. The number of amides is 1. The number of carboxylic acids is 1. The van der Waals surface area contributed by atoms with E-state index >= 15 is 0 Å². The van der Waals surface area contributed by atoms with Crippen LogP contribution in [0.25, 0.3) is 0 Å². The smallest absolute Gasteiger partial charge is 0.408 e. The number of hydrogen-bond donors (Lipinski definition) is 3. The molecule has 0 aromatic heterocycles. The van der Waals surface area contributed by atoms with Crippen LogP contribution in [0.4, 0.5) is 4.79 Å². The van der Waals surface area contributed by atoms with Gasteiger partial charge in [0.2, 0.25) is 0 Å². The molecule has 2 aromatic carbocycles. The van der Waals surface area contributed by atoms with E-state index in [-0.39, 0.29) is 18.1 Å². The highest BCUT2D eigenvalue weighted by Gasteiger charge is 2.20. The molecule has 0 saturated heterocycles. The summed E-state index contributed by atoms with van der Waals surface area (Å²) in [4.78, 5) is 23.1. The van der Waals surface area contributed by atoms with Crippen LogP contribution < -0.4 is 5.32 Å². The highest BCUT2D eigenvalue weighted by atomic mass is 32.2. The van der Waals surface area contributed by atoms with E-state index < -0.39 is 18.1 Å². The lowest BCUT2D eigenvalue weighted by atomic mass is 10.2. The number of alkyl carbamates (subject to hydrolysis) is 1. The number of aromatic hydroxyl groups is 1. The molecule has 0 saturated carbocycles. The minimum atomic E-state index is -1.11. The number of aliphatic carboxylic acids is 1. The van der Waals surface area contributed by atoms with Crippen LogP contribution in [0.3, 0.4) is 0 Å². The summed E-state index contributed by atoms with van der Waals surface area (Å²) < 4.78 is 5.01. The molecular formula is C18H19NO5S. The van der Waals surface area contributed by atoms with Crippen molar-refractivity contribution in [2.24, 2.45) is 0 Å². The van der Waals surface area contributed by atoms with Crippen molar-refractivity contribution in [2.75, 3.05) is 5.75 Å². The maximum Gasteiger partial charge on any atom is 0.408 e. The Morgan fingerprint density at radius 3 is 2.36 bits per heavy atom. The van der Waals surface area contributed by atoms with Gasteiger partial charge in [-0.15, -0.1) is 0 Å². The summed E-state index contributed by atoms with van der Waals surface area (Å²) in [5.74, 6) is -0.0929. The molecule has 1 amide bonds. The molecule has 1 atom stereocenters. The molecule has 2 aromatic rings. The zero-order valence-corrected chi connectivity index (χ0v) is 14.2. The highest BCUT2D eigenvalue weighted by molar-refractivity contribution is 7.98. The van der Waals surface area contributed by atoms with Crippen molar-refractivity contribution < 1.29 is 24.5 Å². The summed E-state index contributed by atoms with van der Waals surface area (Å²) in [6, 6.07) is 14.9. The van der Waals surface area contributed by atoms with E-state index in [1.54, 1.807) is 12.1 Å². The van der Waals surface area contributed by atoms with Crippen LogP contribution in [-0.2, 0) is 21.9 Å². The standard InChI is InChI=1S/C18H19NO5S/c20-15-8-6-13(7-9-15)10-24-18(23)19-16(17(21)22)12-25-11-14-4-2-1-3-5-14/h1-9,16,20H,10-12H2,(H,19,23)(H,21,22)/t16-/m0/s1. The molecule has 0 spiro atoms. The molecular weight excluding hydrogens is 342 g/mol. The van der Waals surface area contributed by atoms with Gasteiger partial charge in [0.1, 0.15) is 18.4 Å². The second kappa shape index (κ2) is 9.58. The first-order chi connectivity index (χ1) is 12.0. The lowest BCUT2D eigenvalue weighted by Gasteiger charge is -2.14. The molecule has 0 bridgehead atoms. The van der Waals surface area contributed by atoms with Gasteiger partial charge in [0.15, 0.2) is 0 Å². The number of phenolic OH excluding ortho intramolecular Hbond substituents is 1.